The molecular weight excluding hydrogens is 348 g/mol. The van der Waals surface area contributed by atoms with Gasteiger partial charge in [0.25, 0.3) is 0 Å². The van der Waals surface area contributed by atoms with Crippen LogP contribution in [0.5, 0.6) is 0 Å². The summed E-state index contributed by atoms with van der Waals surface area (Å²) in [6.07, 6.45) is 12.7. The summed E-state index contributed by atoms with van der Waals surface area (Å²) < 4.78 is 5.10. The van der Waals surface area contributed by atoms with E-state index in [1.54, 1.807) is 0 Å². The molecule has 0 atom stereocenters. The molecule has 6 nitrogen and oxygen atoms in total. The third-order valence-electron chi connectivity index (χ3n) is 6.85. The first kappa shape index (κ1) is 20.1. The first-order valence-corrected chi connectivity index (χ1v) is 12.0. The van der Waals surface area contributed by atoms with Gasteiger partial charge in [-0.2, -0.15) is 0 Å². The molecule has 0 saturated heterocycles. The minimum Gasteiger partial charge on any atom is -0.302 e. The van der Waals surface area contributed by atoms with E-state index in [0.717, 1.165) is 0 Å². The Morgan fingerprint density at radius 2 is 0.821 bits per heavy atom. The average Bonchev–Trinajstić information content (AvgIpc) is 2.71. The van der Waals surface area contributed by atoms with Crippen molar-refractivity contribution < 1.29 is 9.15 Å². The molecule has 0 radical (unpaired) electrons. The Hall–Kier alpha value is -1.14. The summed E-state index contributed by atoms with van der Waals surface area (Å²) in [5.41, 5.74) is 0. The molecule has 4 aliphatic heterocycles. The molecule has 6 heteroatoms. The topological polar surface area (TPSA) is 19.0 Å². The van der Waals surface area contributed by atoms with Crippen molar-refractivity contribution in [2.45, 2.75) is 38.5 Å². The largest absolute Gasteiger partial charge is 0.302 e. The second-order valence-corrected chi connectivity index (χ2v) is 9.18. The summed E-state index contributed by atoms with van der Waals surface area (Å²) in [7, 11) is 0. The van der Waals surface area contributed by atoms with Crippen LogP contribution >= 0.6 is 0 Å². The van der Waals surface area contributed by atoms with E-state index in [1.165, 1.54) is 130 Å². The lowest BCUT2D eigenvalue weighted by atomic mass is 10.2. The lowest BCUT2D eigenvalue weighted by molar-refractivity contribution is -0.534. The molecule has 0 aliphatic carbocycles. The predicted octanol–water partition coefficient (Wildman–Crippen LogP) is 0.671. The highest BCUT2D eigenvalue weighted by Crippen LogP contribution is 2.07. The standard InChI is InChI=1S/C22H42N6/c1-7-23(8-2-12-26-16-5-15-25(11-1)21-26)19-20-24-9-3-13-27-17-6-18-28(22-27)14-4-10-24/h21-22H,1-20H2/q+2. The van der Waals surface area contributed by atoms with Crippen LogP contribution in [0.4, 0.5) is 0 Å². The lowest BCUT2D eigenvalue weighted by Crippen LogP contribution is -2.43. The Morgan fingerprint density at radius 3 is 1.29 bits per heavy atom. The molecule has 28 heavy (non-hydrogen) atoms. The third kappa shape index (κ3) is 6.18. The number of hydrogen-bond acceptors (Lipinski definition) is 4. The number of fused-ring (bicyclic) bond motifs is 2. The zero-order chi connectivity index (χ0) is 19.0. The molecule has 4 bridgehead atoms. The Balaban J connectivity index is 1.23. The van der Waals surface area contributed by atoms with Crippen LogP contribution in [0.25, 0.3) is 0 Å². The maximum absolute atomic E-state index is 2.75. The maximum atomic E-state index is 2.75. The molecule has 0 saturated carbocycles. The third-order valence-corrected chi connectivity index (χ3v) is 6.85. The van der Waals surface area contributed by atoms with E-state index in [9.17, 15) is 0 Å². The summed E-state index contributed by atoms with van der Waals surface area (Å²) in [4.78, 5) is 10.6. The molecule has 0 aromatic rings. The molecule has 158 valence electrons. The van der Waals surface area contributed by atoms with Crippen molar-refractivity contribution in [1.82, 2.24) is 19.6 Å². The zero-order valence-corrected chi connectivity index (χ0v) is 18.0. The highest BCUT2D eigenvalue weighted by atomic mass is 15.3. The fraction of sp³-hybridized carbons (Fsp3) is 0.909. The number of hydrogen-bond donors (Lipinski definition) is 0. The van der Waals surface area contributed by atoms with Gasteiger partial charge in [0.2, 0.25) is 12.7 Å². The minimum absolute atomic E-state index is 1.24. The monoisotopic (exact) mass is 390 g/mol. The molecule has 0 spiro atoms. The molecule has 0 aromatic heterocycles. The molecule has 4 rings (SSSR count). The van der Waals surface area contributed by atoms with Crippen LogP contribution in [0, 0.1) is 0 Å². The van der Waals surface area contributed by atoms with E-state index in [0.29, 0.717) is 0 Å². The van der Waals surface area contributed by atoms with Crippen LogP contribution in [-0.4, -0.2) is 133 Å². The normalized spacial score (nSPS) is 26.4. The average molecular weight is 391 g/mol. The Labute approximate surface area is 172 Å². The van der Waals surface area contributed by atoms with Gasteiger partial charge in [-0.05, 0) is 25.7 Å². The van der Waals surface area contributed by atoms with E-state index in [1.807, 2.05) is 0 Å². The van der Waals surface area contributed by atoms with Gasteiger partial charge >= 0.3 is 0 Å². The van der Waals surface area contributed by atoms with Crippen LogP contribution in [0.1, 0.15) is 38.5 Å². The van der Waals surface area contributed by atoms with Gasteiger partial charge in [0.1, 0.15) is 0 Å². The van der Waals surface area contributed by atoms with Crippen LogP contribution in [0.2, 0.25) is 0 Å². The van der Waals surface area contributed by atoms with Gasteiger partial charge in [-0.25, -0.2) is 0 Å². The predicted molar refractivity (Wildman–Crippen MR) is 116 cm³/mol. The molecule has 4 aliphatic rings. The van der Waals surface area contributed by atoms with E-state index in [-0.39, 0.29) is 0 Å². The molecular formula is C22H42N6+2. The van der Waals surface area contributed by atoms with Gasteiger partial charge in [-0.15, -0.1) is 0 Å². The SMILES string of the molecule is C1=[N+]2CCCN1CCCN(CCN1CCCN3C=[N+](CCC3)CCC1)CCC2. The summed E-state index contributed by atoms with van der Waals surface area (Å²) in [6.45, 7) is 17.6. The first-order chi connectivity index (χ1) is 13.8. The highest BCUT2D eigenvalue weighted by Gasteiger charge is 2.20. The molecule has 0 fully saturated rings. The lowest BCUT2D eigenvalue weighted by Gasteiger charge is -2.30. The fourth-order valence-corrected chi connectivity index (χ4v) is 5.27. The van der Waals surface area contributed by atoms with Gasteiger partial charge in [0, 0.05) is 52.1 Å². The van der Waals surface area contributed by atoms with Crippen molar-refractivity contribution in [1.29, 1.82) is 0 Å². The smallest absolute Gasteiger partial charge is 0.234 e. The molecule has 0 N–H and O–H groups in total. The van der Waals surface area contributed by atoms with Crippen LogP contribution < -0.4 is 0 Å². The fourth-order valence-electron chi connectivity index (χ4n) is 5.27. The summed E-state index contributed by atoms with van der Waals surface area (Å²) in [5, 5.41) is 0. The Morgan fingerprint density at radius 1 is 0.464 bits per heavy atom. The van der Waals surface area contributed by atoms with E-state index in [2.05, 4.69) is 41.4 Å². The van der Waals surface area contributed by atoms with Gasteiger partial charge in [0.15, 0.2) is 0 Å². The molecule has 0 unspecified atom stereocenters. The Kier molecular flexibility index (Phi) is 7.61. The minimum atomic E-state index is 1.24. The van der Waals surface area contributed by atoms with Gasteiger partial charge in [-0.3, -0.25) is 19.0 Å². The Bertz CT molecular complexity index is 497. The first-order valence-electron chi connectivity index (χ1n) is 12.0. The molecule has 0 amide bonds. The van der Waals surface area contributed by atoms with Crippen molar-refractivity contribution in [2.24, 2.45) is 0 Å². The highest BCUT2D eigenvalue weighted by molar-refractivity contribution is 5.49. The van der Waals surface area contributed by atoms with E-state index in [4.69, 9.17) is 0 Å². The van der Waals surface area contributed by atoms with E-state index >= 15 is 0 Å². The van der Waals surface area contributed by atoms with Crippen LogP contribution in [0.3, 0.4) is 0 Å². The maximum Gasteiger partial charge on any atom is 0.234 e. The summed E-state index contributed by atoms with van der Waals surface area (Å²) in [5.74, 6) is 0. The van der Waals surface area contributed by atoms with Crippen LogP contribution in [-0.2, 0) is 0 Å². The van der Waals surface area contributed by atoms with Crippen molar-refractivity contribution >= 4 is 12.7 Å². The molecule has 0 aromatic carbocycles. The van der Waals surface area contributed by atoms with Gasteiger partial charge in [0.05, 0.1) is 52.4 Å². The van der Waals surface area contributed by atoms with Gasteiger partial charge < -0.3 is 9.80 Å². The van der Waals surface area contributed by atoms with Crippen LogP contribution in [0.15, 0.2) is 0 Å². The second kappa shape index (κ2) is 10.6. The van der Waals surface area contributed by atoms with Gasteiger partial charge in [-0.1, -0.05) is 0 Å². The number of rotatable bonds is 3. The number of nitrogens with zero attached hydrogens (tertiary/aromatic N) is 6. The van der Waals surface area contributed by atoms with Crippen molar-refractivity contribution in [3.8, 4) is 0 Å². The van der Waals surface area contributed by atoms with Crippen molar-refractivity contribution in [3.63, 3.8) is 0 Å². The quantitative estimate of drug-likeness (QED) is 0.660. The van der Waals surface area contributed by atoms with Crippen molar-refractivity contribution in [3.05, 3.63) is 0 Å². The molecule has 4 heterocycles. The summed E-state index contributed by atoms with van der Waals surface area (Å²) in [6, 6.07) is 0. The second-order valence-electron chi connectivity index (χ2n) is 9.18. The summed E-state index contributed by atoms with van der Waals surface area (Å²) >= 11 is 0. The van der Waals surface area contributed by atoms with E-state index < -0.39 is 0 Å². The van der Waals surface area contributed by atoms with Crippen molar-refractivity contribution in [2.75, 3.05) is 91.6 Å². The zero-order valence-electron chi connectivity index (χ0n) is 18.0.